The predicted molar refractivity (Wildman–Crippen MR) is 82.1 cm³/mol. The monoisotopic (exact) mass is 291 g/mol. The number of aromatic nitrogens is 3. The average molecular weight is 292 g/mol. The van der Waals surface area contributed by atoms with Crippen LogP contribution in [0.5, 0.6) is 0 Å². The Hall–Kier alpha value is -1.88. The number of nitrogens with zero attached hydrogens (tertiary/aromatic N) is 3. The Morgan fingerprint density at radius 3 is 2.50 bits per heavy atom. The fourth-order valence-electron chi connectivity index (χ4n) is 1.75. The third kappa shape index (κ3) is 4.06. The van der Waals surface area contributed by atoms with E-state index in [1.807, 2.05) is 25.1 Å². The number of halogens is 1. The summed E-state index contributed by atoms with van der Waals surface area (Å²) in [5.41, 5.74) is 1.16. The first-order chi connectivity index (χ1) is 9.69. The standard InChI is InChI=1S/C14H18ClN5/c1-3-9-16-13-18-12(15)19-14(20-13)17-10(2)11-7-5-4-6-8-11/h4-8,10H,3,9H2,1-2H3,(H2,16,17,18,19,20)/t10-/m0/s1. The normalized spacial score (nSPS) is 11.9. The molecular weight excluding hydrogens is 274 g/mol. The number of hydrogen-bond acceptors (Lipinski definition) is 5. The number of anilines is 2. The molecule has 5 nitrogen and oxygen atoms in total. The summed E-state index contributed by atoms with van der Waals surface area (Å²) < 4.78 is 0. The Kier molecular flexibility index (Phi) is 5.12. The lowest BCUT2D eigenvalue weighted by Gasteiger charge is -2.14. The average Bonchev–Trinajstić information content (AvgIpc) is 2.45. The second-order valence-electron chi connectivity index (χ2n) is 4.46. The molecule has 0 radical (unpaired) electrons. The van der Waals surface area contributed by atoms with Crippen molar-refractivity contribution in [3.8, 4) is 0 Å². The molecule has 1 heterocycles. The van der Waals surface area contributed by atoms with Crippen molar-refractivity contribution in [1.29, 1.82) is 0 Å². The summed E-state index contributed by atoms with van der Waals surface area (Å²) >= 11 is 5.92. The first-order valence-corrected chi connectivity index (χ1v) is 7.03. The minimum Gasteiger partial charge on any atom is -0.354 e. The van der Waals surface area contributed by atoms with Gasteiger partial charge >= 0.3 is 0 Å². The van der Waals surface area contributed by atoms with Crippen molar-refractivity contribution < 1.29 is 0 Å². The summed E-state index contributed by atoms with van der Waals surface area (Å²) in [5.74, 6) is 0.967. The first kappa shape index (κ1) is 14.5. The van der Waals surface area contributed by atoms with Gasteiger partial charge < -0.3 is 10.6 Å². The molecule has 2 aromatic rings. The molecule has 0 saturated carbocycles. The third-order valence-electron chi connectivity index (χ3n) is 2.79. The summed E-state index contributed by atoms with van der Waals surface area (Å²) in [4.78, 5) is 12.5. The lowest BCUT2D eigenvalue weighted by molar-refractivity contribution is 0.850. The molecule has 0 aliphatic rings. The molecule has 1 aromatic carbocycles. The predicted octanol–water partition coefficient (Wildman–Crippen LogP) is 3.52. The van der Waals surface area contributed by atoms with E-state index in [-0.39, 0.29) is 11.3 Å². The summed E-state index contributed by atoms with van der Waals surface area (Å²) in [5, 5.41) is 6.51. The van der Waals surface area contributed by atoms with Crippen LogP contribution in [0.4, 0.5) is 11.9 Å². The number of benzene rings is 1. The van der Waals surface area contributed by atoms with Crippen LogP contribution in [-0.2, 0) is 0 Å². The Bertz CT molecular complexity index is 547. The van der Waals surface area contributed by atoms with Gasteiger partial charge in [0.05, 0.1) is 6.04 Å². The van der Waals surface area contributed by atoms with Gasteiger partial charge in [-0.05, 0) is 30.5 Å². The van der Waals surface area contributed by atoms with Crippen LogP contribution in [0.15, 0.2) is 30.3 Å². The van der Waals surface area contributed by atoms with Gasteiger partial charge in [0.15, 0.2) is 0 Å². The van der Waals surface area contributed by atoms with E-state index in [9.17, 15) is 0 Å². The zero-order valence-electron chi connectivity index (χ0n) is 11.6. The number of rotatable bonds is 6. The van der Waals surface area contributed by atoms with Crippen molar-refractivity contribution >= 4 is 23.5 Å². The Labute approximate surface area is 123 Å². The van der Waals surface area contributed by atoms with Crippen LogP contribution in [0, 0.1) is 0 Å². The number of hydrogen-bond donors (Lipinski definition) is 2. The van der Waals surface area contributed by atoms with E-state index in [4.69, 9.17) is 11.6 Å². The fraction of sp³-hybridized carbons (Fsp3) is 0.357. The zero-order valence-corrected chi connectivity index (χ0v) is 12.4. The van der Waals surface area contributed by atoms with Gasteiger partial charge in [-0.25, -0.2) is 0 Å². The first-order valence-electron chi connectivity index (χ1n) is 6.66. The van der Waals surface area contributed by atoms with Crippen LogP contribution in [0.25, 0.3) is 0 Å². The van der Waals surface area contributed by atoms with E-state index in [0.717, 1.165) is 18.5 Å². The van der Waals surface area contributed by atoms with Crippen molar-refractivity contribution in [1.82, 2.24) is 15.0 Å². The van der Waals surface area contributed by atoms with Crippen LogP contribution in [0.1, 0.15) is 31.9 Å². The van der Waals surface area contributed by atoms with Crippen molar-refractivity contribution in [3.05, 3.63) is 41.2 Å². The zero-order chi connectivity index (χ0) is 14.4. The smallest absolute Gasteiger partial charge is 0.229 e. The minimum atomic E-state index is 0.0914. The van der Waals surface area contributed by atoms with Gasteiger partial charge in [-0.3, -0.25) is 0 Å². The van der Waals surface area contributed by atoms with E-state index in [0.29, 0.717) is 11.9 Å². The molecule has 0 fully saturated rings. The topological polar surface area (TPSA) is 62.7 Å². The third-order valence-corrected chi connectivity index (χ3v) is 2.96. The Morgan fingerprint density at radius 1 is 1.10 bits per heavy atom. The van der Waals surface area contributed by atoms with Crippen molar-refractivity contribution in [2.45, 2.75) is 26.3 Å². The molecule has 0 amide bonds. The molecule has 0 bridgehead atoms. The number of nitrogens with one attached hydrogen (secondary N) is 2. The van der Waals surface area contributed by atoms with Gasteiger partial charge in [-0.15, -0.1) is 0 Å². The van der Waals surface area contributed by atoms with Crippen LogP contribution >= 0.6 is 11.6 Å². The minimum absolute atomic E-state index is 0.0914. The highest BCUT2D eigenvalue weighted by atomic mass is 35.5. The molecule has 2 N–H and O–H groups in total. The summed E-state index contributed by atoms with van der Waals surface area (Å²) in [6, 6.07) is 10.2. The van der Waals surface area contributed by atoms with E-state index >= 15 is 0 Å². The molecule has 106 valence electrons. The molecule has 0 aliphatic heterocycles. The summed E-state index contributed by atoms with van der Waals surface area (Å²) in [6.07, 6.45) is 0.993. The van der Waals surface area contributed by atoms with Crippen molar-refractivity contribution in [2.24, 2.45) is 0 Å². The fourth-order valence-corrected chi connectivity index (χ4v) is 1.91. The maximum absolute atomic E-state index is 5.92. The van der Waals surface area contributed by atoms with Gasteiger partial charge in [0, 0.05) is 6.54 Å². The van der Waals surface area contributed by atoms with Gasteiger partial charge in [0.25, 0.3) is 0 Å². The van der Waals surface area contributed by atoms with Crippen LogP contribution in [0.3, 0.4) is 0 Å². The largest absolute Gasteiger partial charge is 0.354 e. The van der Waals surface area contributed by atoms with Gasteiger partial charge in [-0.2, -0.15) is 15.0 Å². The second-order valence-corrected chi connectivity index (χ2v) is 4.79. The Morgan fingerprint density at radius 2 is 1.80 bits per heavy atom. The Balaban J connectivity index is 2.10. The molecule has 6 heteroatoms. The van der Waals surface area contributed by atoms with Gasteiger partial charge in [0.2, 0.25) is 17.2 Å². The summed E-state index contributed by atoms with van der Waals surface area (Å²) in [7, 11) is 0. The highest BCUT2D eigenvalue weighted by Gasteiger charge is 2.09. The van der Waals surface area contributed by atoms with E-state index < -0.39 is 0 Å². The van der Waals surface area contributed by atoms with Crippen LogP contribution in [-0.4, -0.2) is 21.5 Å². The molecule has 1 aromatic heterocycles. The lowest BCUT2D eigenvalue weighted by Crippen LogP contribution is -2.12. The molecule has 0 saturated heterocycles. The maximum Gasteiger partial charge on any atom is 0.229 e. The molecule has 0 unspecified atom stereocenters. The molecular formula is C14H18ClN5. The molecule has 0 aliphatic carbocycles. The van der Waals surface area contributed by atoms with Crippen molar-refractivity contribution in [3.63, 3.8) is 0 Å². The van der Waals surface area contributed by atoms with Gasteiger partial charge in [0.1, 0.15) is 0 Å². The highest BCUT2D eigenvalue weighted by Crippen LogP contribution is 2.18. The lowest BCUT2D eigenvalue weighted by atomic mass is 10.1. The molecule has 20 heavy (non-hydrogen) atoms. The maximum atomic E-state index is 5.92. The molecule has 2 rings (SSSR count). The highest BCUT2D eigenvalue weighted by molar-refractivity contribution is 6.28. The SMILES string of the molecule is CCCNc1nc(Cl)nc(N[C@@H](C)c2ccccc2)n1. The van der Waals surface area contributed by atoms with E-state index in [1.165, 1.54) is 0 Å². The van der Waals surface area contributed by atoms with Crippen molar-refractivity contribution in [2.75, 3.05) is 17.2 Å². The van der Waals surface area contributed by atoms with Gasteiger partial charge in [-0.1, -0.05) is 37.3 Å². The quantitative estimate of drug-likeness (QED) is 0.852. The van der Waals surface area contributed by atoms with E-state index in [1.54, 1.807) is 0 Å². The summed E-state index contributed by atoms with van der Waals surface area (Å²) in [6.45, 7) is 4.92. The van der Waals surface area contributed by atoms with E-state index in [2.05, 4.69) is 44.6 Å². The second kappa shape index (κ2) is 7.05. The molecule has 0 spiro atoms. The molecule has 1 atom stereocenters. The van der Waals surface area contributed by atoms with Crippen LogP contribution < -0.4 is 10.6 Å². The van der Waals surface area contributed by atoms with Crippen LogP contribution in [0.2, 0.25) is 5.28 Å².